The number of hydrogen-bond acceptors (Lipinski definition) is 4. The van der Waals surface area contributed by atoms with Gasteiger partial charge < -0.3 is 4.74 Å². The first kappa shape index (κ1) is 18.0. The predicted molar refractivity (Wildman–Crippen MR) is 108 cm³/mol. The Morgan fingerprint density at radius 1 is 1.07 bits per heavy atom. The molecule has 4 rings (SSSR count). The second-order valence-electron chi connectivity index (χ2n) is 7.29. The minimum absolute atomic E-state index is 0.139. The number of imidazole rings is 1. The molecule has 0 aliphatic carbocycles. The van der Waals surface area contributed by atoms with E-state index < -0.39 is 0 Å². The van der Waals surface area contributed by atoms with Gasteiger partial charge in [0.05, 0.1) is 18.1 Å². The van der Waals surface area contributed by atoms with Crippen LogP contribution in [0.3, 0.4) is 0 Å². The first-order valence-electron chi connectivity index (χ1n) is 9.20. The van der Waals surface area contributed by atoms with E-state index in [1.165, 1.54) is 4.57 Å². The summed E-state index contributed by atoms with van der Waals surface area (Å²) in [6.45, 7) is 6.08. The van der Waals surface area contributed by atoms with Gasteiger partial charge in [0.25, 0.3) is 5.56 Å². The lowest BCUT2D eigenvalue weighted by Crippen LogP contribution is -2.20. The zero-order valence-corrected chi connectivity index (χ0v) is 16.7. The highest BCUT2D eigenvalue weighted by Crippen LogP contribution is 2.27. The van der Waals surface area contributed by atoms with Crippen molar-refractivity contribution in [2.24, 2.45) is 14.1 Å². The number of ether oxygens (including phenoxy) is 1. The van der Waals surface area contributed by atoms with Crippen LogP contribution in [0.1, 0.15) is 31.3 Å². The minimum atomic E-state index is -0.139. The zero-order chi connectivity index (χ0) is 20.0. The van der Waals surface area contributed by atoms with E-state index in [2.05, 4.69) is 10.1 Å². The number of aryl methyl sites for hydroxylation is 2. The van der Waals surface area contributed by atoms with Crippen LogP contribution in [0.15, 0.2) is 47.7 Å². The van der Waals surface area contributed by atoms with Gasteiger partial charge in [0.1, 0.15) is 17.1 Å². The molecule has 7 heteroatoms. The maximum absolute atomic E-state index is 12.7. The summed E-state index contributed by atoms with van der Waals surface area (Å²) in [6.07, 6.45) is 5.43. The number of aromatic nitrogens is 5. The maximum atomic E-state index is 12.7. The minimum Gasteiger partial charge on any atom is -0.439 e. The van der Waals surface area contributed by atoms with Crippen LogP contribution in [0.2, 0.25) is 0 Å². The fraction of sp³-hybridized carbons (Fsp3) is 0.286. The van der Waals surface area contributed by atoms with Gasteiger partial charge in [0.15, 0.2) is 0 Å². The van der Waals surface area contributed by atoms with Gasteiger partial charge in [0, 0.05) is 31.8 Å². The van der Waals surface area contributed by atoms with E-state index in [1.54, 1.807) is 17.9 Å². The summed E-state index contributed by atoms with van der Waals surface area (Å²) >= 11 is 0. The fourth-order valence-corrected chi connectivity index (χ4v) is 3.37. The SMILES string of the molecule is Cc1nn(C)cc1-c1ccc(Oc2cn3c(C(C)C)ncc3c(=O)n2C)cc1. The van der Waals surface area contributed by atoms with Crippen molar-refractivity contribution in [3.63, 3.8) is 0 Å². The smallest absolute Gasteiger partial charge is 0.279 e. The van der Waals surface area contributed by atoms with Gasteiger partial charge in [-0.1, -0.05) is 26.0 Å². The number of benzene rings is 1. The van der Waals surface area contributed by atoms with Crippen molar-refractivity contribution in [1.29, 1.82) is 0 Å². The Balaban J connectivity index is 1.70. The van der Waals surface area contributed by atoms with Crippen molar-refractivity contribution < 1.29 is 4.74 Å². The molecule has 0 unspecified atom stereocenters. The van der Waals surface area contributed by atoms with Gasteiger partial charge in [-0.15, -0.1) is 0 Å². The van der Waals surface area contributed by atoms with Crippen LogP contribution in [0.25, 0.3) is 16.6 Å². The van der Waals surface area contributed by atoms with Gasteiger partial charge in [0.2, 0.25) is 5.88 Å². The standard InChI is InChI=1S/C21H23N5O2/c1-13(2)20-22-10-18-21(27)25(5)19(12-26(18)20)28-16-8-6-15(7-9-16)17-11-24(4)23-14(17)3/h6-13H,1-5H3. The number of rotatable bonds is 4. The Morgan fingerprint density at radius 3 is 2.39 bits per heavy atom. The van der Waals surface area contributed by atoms with Gasteiger partial charge >= 0.3 is 0 Å². The van der Waals surface area contributed by atoms with E-state index in [0.717, 1.165) is 22.6 Å². The van der Waals surface area contributed by atoms with Crippen molar-refractivity contribution in [3.8, 4) is 22.8 Å². The molecule has 0 aliphatic heterocycles. The molecule has 0 atom stereocenters. The summed E-state index contributed by atoms with van der Waals surface area (Å²) in [7, 11) is 3.61. The summed E-state index contributed by atoms with van der Waals surface area (Å²) in [5.74, 6) is 2.15. The molecule has 3 aromatic heterocycles. The van der Waals surface area contributed by atoms with E-state index >= 15 is 0 Å². The highest BCUT2D eigenvalue weighted by Gasteiger charge is 2.15. The van der Waals surface area contributed by atoms with E-state index in [4.69, 9.17) is 4.74 Å². The first-order chi connectivity index (χ1) is 13.3. The molecular formula is C21H23N5O2. The van der Waals surface area contributed by atoms with Crippen molar-refractivity contribution in [2.45, 2.75) is 26.7 Å². The summed E-state index contributed by atoms with van der Waals surface area (Å²) in [5.41, 5.74) is 3.53. The van der Waals surface area contributed by atoms with Gasteiger partial charge in [-0.2, -0.15) is 5.10 Å². The molecule has 1 aromatic carbocycles. The molecular weight excluding hydrogens is 354 g/mol. The average molecular weight is 377 g/mol. The normalized spacial score (nSPS) is 11.5. The van der Waals surface area contributed by atoms with E-state index in [1.807, 2.05) is 68.9 Å². The number of hydrogen-bond donors (Lipinski definition) is 0. The second-order valence-corrected chi connectivity index (χ2v) is 7.29. The van der Waals surface area contributed by atoms with Crippen molar-refractivity contribution in [3.05, 3.63) is 64.7 Å². The number of fused-ring (bicyclic) bond motifs is 1. The lowest BCUT2D eigenvalue weighted by molar-refractivity contribution is 0.430. The van der Waals surface area contributed by atoms with Crippen LogP contribution in [0.5, 0.6) is 11.6 Å². The summed E-state index contributed by atoms with van der Waals surface area (Å²) in [6, 6.07) is 7.78. The Bertz CT molecular complexity index is 1210. The molecule has 0 bridgehead atoms. The molecule has 0 fully saturated rings. The lowest BCUT2D eigenvalue weighted by atomic mass is 10.1. The number of nitrogens with zero attached hydrogens (tertiary/aromatic N) is 5. The Kier molecular flexibility index (Phi) is 4.30. The second kappa shape index (κ2) is 6.67. The molecule has 0 amide bonds. The largest absolute Gasteiger partial charge is 0.439 e. The molecule has 28 heavy (non-hydrogen) atoms. The fourth-order valence-electron chi connectivity index (χ4n) is 3.37. The Morgan fingerprint density at radius 2 is 1.79 bits per heavy atom. The van der Waals surface area contributed by atoms with Crippen molar-refractivity contribution >= 4 is 5.52 Å². The van der Waals surface area contributed by atoms with Crippen LogP contribution in [-0.2, 0) is 14.1 Å². The third-order valence-corrected chi connectivity index (χ3v) is 4.84. The summed E-state index contributed by atoms with van der Waals surface area (Å²) in [5, 5.41) is 4.38. The van der Waals surface area contributed by atoms with Crippen LogP contribution in [0, 0.1) is 6.92 Å². The first-order valence-corrected chi connectivity index (χ1v) is 9.20. The molecule has 0 saturated heterocycles. The molecule has 4 aromatic rings. The maximum Gasteiger partial charge on any atom is 0.279 e. The van der Waals surface area contributed by atoms with E-state index in [0.29, 0.717) is 17.1 Å². The third kappa shape index (κ3) is 2.98. The zero-order valence-electron chi connectivity index (χ0n) is 16.7. The van der Waals surface area contributed by atoms with Crippen molar-refractivity contribution in [1.82, 2.24) is 23.7 Å². The van der Waals surface area contributed by atoms with Gasteiger partial charge in [-0.25, -0.2) is 4.98 Å². The molecule has 7 nitrogen and oxygen atoms in total. The Hall–Kier alpha value is -3.35. The van der Waals surface area contributed by atoms with Gasteiger partial charge in [-0.3, -0.25) is 18.4 Å². The molecule has 3 heterocycles. The summed E-state index contributed by atoms with van der Waals surface area (Å²) in [4.78, 5) is 17.1. The highest BCUT2D eigenvalue weighted by molar-refractivity contribution is 5.65. The average Bonchev–Trinajstić information content (AvgIpc) is 3.23. The molecule has 144 valence electrons. The van der Waals surface area contributed by atoms with Crippen LogP contribution < -0.4 is 10.3 Å². The molecule has 0 saturated carbocycles. The van der Waals surface area contributed by atoms with Crippen LogP contribution in [0.4, 0.5) is 0 Å². The van der Waals surface area contributed by atoms with Crippen molar-refractivity contribution in [2.75, 3.05) is 0 Å². The monoisotopic (exact) mass is 377 g/mol. The lowest BCUT2D eigenvalue weighted by Gasteiger charge is -2.12. The Labute approximate surface area is 162 Å². The quantitative estimate of drug-likeness (QED) is 0.544. The molecule has 0 aliphatic rings. The third-order valence-electron chi connectivity index (χ3n) is 4.84. The topological polar surface area (TPSA) is 66.3 Å². The summed E-state index contributed by atoms with van der Waals surface area (Å²) < 4.78 is 11.1. The van der Waals surface area contributed by atoms with Gasteiger partial charge in [-0.05, 0) is 24.6 Å². The molecule has 0 radical (unpaired) electrons. The highest BCUT2D eigenvalue weighted by atomic mass is 16.5. The van der Waals surface area contributed by atoms with Crippen LogP contribution in [-0.4, -0.2) is 23.7 Å². The molecule has 0 spiro atoms. The van der Waals surface area contributed by atoms with E-state index in [-0.39, 0.29) is 11.5 Å². The predicted octanol–water partition coefficient (Wildman–Crippen LogP) is 3.66. The van der Waals surface area contributed by atoms with Crippen LogP contribution >= 0.6 is 0 Å². The molecule has 0 N–H and O–H groups in total. The van der Waals surface area contributed by atoms with E-state index in [9.17, 15) is 4.79 Å².